The van der Waals surface area contributed by atoms with E-state index in [0.717, 1.165) is 50.6 Å². The fraction of sp³-hybridized carbons (Fsp3) is 0.500. The van der Waals surface area contributed by atoms with Gasteiger partial charge in [-0.1, -0.05) is 13.8 Å². The van der Waals surface area contributed by atoms with Crippen molar-refractivity contribution < 1.29 is 4.79 Å². The van der Waals surface area contributed by atoms with Crippen molar-refractivity contribution in [3.05, 3.63) is 48.2 Å². The van der Waals surface area contributed by atoms with Crippen LogP contribution in [0.25, 0.3) is 0 Å². The third kappa shape index (κ3) is 4.89. The van der Waals surface area contributed by atoms with Crippen molar-refractivity contribution in [2.45, 2.75) is 39.5 Å². The molecule has 1 aromatic heterocycles. The van der Waals surface area contributed by atoms with Crippen LogP contribution in [0.15, 0.2) is 42.6 Å². The fourth-order valence-corrected chi connectivity index (χ4v) is 4.20. The van der Waals surface area contributed by atoms with Crippen LogP contribution < -0.4 is 10.2 Å². The van der Waals surface area contributed by atoms with Crippen molar-refractivity contribution in [2.24, 2.45) is 11.8 Å². The minimum atomic E-state index is 0.108. The van der Waals surface area contributed by atoms with Crippen molar-refractivity contribution in [1.29, 1.82) is 0 Å². The maximum atomic E-state index is 12.8. The third-order valence-electron chi connectivity index (χ3n) is 6.37. The molecule has 0 bridgehead atoms. The molecule has 3 heterocycles. The minimum Gasteiger partial charge on any atom is -0.372 e. The number of hydrogen-bond donors (Lipinski definition) is 1. The zero-order chi connectivity index (χ0) is 20.2. The van der Waals surface area contributed by atoms with Crippen LogP contribution in [0.2, 0.25) is 0 Å². The summed E-state index contributed by atoms with van der Waals surface area (Å²) in [6, 6.07) is 12.2. The van der Waals surface area contributed by atoms with Crippen LogP contribution in [0.5, 0.6) is 0 Å². The zero-order valence-corrected chi connectivity index (χ0v) is 17.6. The van der Waals surface area contributed by atoms with E-state index in [1.807, 2.05) is 17.0 Å². The highest BCUT2D eigenvalue weighted by Crippen LogP contribution is 2.25. The molecule has 0 saturated carbocycles. The Kier molecular flexibility index (Phi) is 6.02. The lowest BCUT2D eigenvalue weighted by molar-refractivity contribution is 0.0697. The molecule has 2 fully saturated rings. The molecule has 0 radical (unpaired) electrons. The maximum Gasteiger partial charge on any atom is 0.254 e. The molecular weight excluding hydrogens is 360 g/mol. The average Bonchev–Trinajstić information content (AvgIpc) is 2.75. The minimum absolute atomic E-state index is 0.108. The van der Waals surface area contributed by atoms with Crippen LogP contribution in [0, 0.1) is 11.8 Å². The highest BCUT2D eigenvalue weighted by molar-refractivity contribution is 5.95. The van der Waals surface area contributed by atoms with Gasteiger partial charge >= 0.3 is 0 Å². The first-order chi connectivity index (χ1) is 14.1. The number of hydrogen-bond acceptors (Lipinski definition) is 4. The van der Waals surface area contributed by atoms with Gasteiger partial charge in [0.05, 0.1) is 0 Å². The van der Waals surface area contributed by atoms with Crippen molar-refractivity contribution in [3.63, 3.8) is 0 Å². The van der Waals surface area contributed by atoms with Gasteiger partial charge < -0.3 is 15.1 Å². The lowest BCUT2D eigenvalue weighted by Gasteiger charge is -2.32. The van der Waals surface area contributed by atoms with Gasteiger partial charge in [-0.15, -0.1) is 0 Å². The topological polar surface area (TPSA) is 48.5 Å². The first-order valence-corrected chi connectivity index (χ1v) is 11.0. The lowest BCUT2D eigenvalue weighted by atomic mass is 9.99. The fourth-order valence-electron chi connectivity index (χ4n) is 4.20. The van der Waals surface area contributed by atoms with Gasteiger partial charge in [0.2, 0.25) is 0 Å². The number of amides is 1. The van der Waals surface area contributed by atoms with Crippen LogP contribution in [0.3, 0.4) is 0 Å². The predicted molar refractivity (Wildman–Crippen MR) is 119 cm³/mol. The summed E-state index contributed by atoms with van der Waals surface area (Å²) in [5, 5.41) is 3.35. The highest BCUT2D eigenvalue weighted by atomic mass is 16.2. The van der Waals surface area contributed by atoms with Crippen LogP contribution in [-0.2, 0) is 0 Å². The Morgan fingerprint density at radius 2 is 1.55 bits per heavy atom. The summed E-state index contributed by atoms with van der Waals surface area (Å²) in [5.74, 6) is 2.37. The molecule has 2 aromatic rings. The molecule has 2 saturated heterocycles. The first kappa shape index (κ1) is 19.7. The second-order valence-electron chi connectivity index (χ2n) is 8.75. The number of likely N-dealkylation sites (tertiary alicyclic amines) is 1. The Bertz CT molecular complexity index is 819. The van der Waals surface area contributed by atoms with Crippen molar-refractivity contribution >= 4 is 23.1 Å². The first-order valence-electron chi connectivity index (χ1n) is 11.0. The Labute approximate surface area is 174 Å². The zero-order valence-electron chi connectivity index (χ0n) is 17.6. The number of carbonyl (C=O) groups excluding carboxylic acids is 1. The monoisotopic (exact) mass is 392 g/mol. The highest BCUT2D eigenvalue weighted by Gasteiger charge is 2.21. The summed E-state index contributed by atoms with van der Waals surface area (Å²) in [5.41, 5.74) is 2.97. The quantitative estimate of drug-likeness (QED) is 0.801. The molecule has 29 heavy (non-hydrogen) atoms. The molecule has 1 amide bonds. The van der Waals surface area contributed by atoms with Gasteiger partial charge in [-0.05, 0) is 73.9 Å². The molecule has 2 aliphatic rings. The van der Waals surface area contributed by atoms with Crippen LogP contribution >= 0.6 is 0 Å². The Hall–Kier alpha value is -2.56. The summed E-state index contributed by atoms with van der Waals surface area (Å²) in [6.07, 6.45) is 6.42. The predicted octanol–water partition coefficient (Wildman–Crippen LogP) is 4.93. The molecule has 0 aliphatic carbocycles. The molecule has 2 aliphatic heterocycles. The number of nitrogens with one attached hydrogen (secondary N) is 1. The van der Waals surface area contributed by atoms with E-state index in [1.165, 1.54) is 18.5 Å². The van der Waals surface area contributed by atoms with E-state index in [0.29, 0.717) is 17.3 Å². The Morgan fingerprint density at radius 1 is 0.931 bits per heavy atom. The van der Waals surface area contributed by atoms with Gasteiger partial charge in [0, 0.05) is 49.3 Å². The van der Waals surface area contributed by atoms with E-state index in [-0.39, 0.29) is 5.91 Å². The van der Waals surface area contributed by atoms with Gasteiger partial charge in [-0.3, -0.25) is 4.79 Å². The molecular formula is C24H32N4O. The van der Waals surface area contributed by atoms with Gasteiger partial charge in [0.1, 0.15) is 5.82 Å². The van der Waals surface area contributed by atoms with Gasteiger partial charge in [-0.2, -0.15) is 0 Å². The van der Waals surface area contributed by atoms with Gasteiger partial charge in [-0.25, -0.2) is 4.98 Å². The smallest absolute Gasteiger partial charge is 0.254 e. The molecule has 1 N–H and O–H groups in total. The number of anilines is 3. The molecule has 154 valence electrons. The van der Waals surface area contributed by atoms with Crippen LogP contribution in [0.4, 0.5) is 17.2 Å². The number of carbonyl (C=O) groups is 1. The number of piperidine rings is 2. The molecule has 0 unspecified atom stereocenters. The molecule has 1 aromatic carbocycles. The molecule has 0 atom stereocenters. The Balaban J connectivity index is 1.39. The maximum absolute atomic E-state index is 12.8. The van der Waals surface area contributed by atoms with Gasteiger partial charge in [0.25, 0.3) is 5.91 Å². The van der Waals surface area contributed by atoms with Gasteiger partial charge in [0.15, 0.2) is 0 Å². The number of benzene rings is 1. The van der Waals surface area contributed by atoms with E-state index >= 15 is 0 Å². The normalized spacial score (nSPS) is 18.7. The Morgan fingerprint density at radius 3 is 2.21 bits per heavy atom. The summed E-state index contributed by atoms with van der Waals surface area (Å²) in [4.78, 5) is 21.6. The third-order valence-corrected chi connectivity index (χ3v) is 6.37. The second-order valence-corrected chi connectivity index (χ2v) is 8.75. The van der Waals surface area contributed by atoms with E-state index in [9.17, 15) is 4.79 Å². The summed E-state index contributed by atoms with van der Waals surface area (Å²) in [7, 11) is 0. The summed E-state index contributed by atoms with van der Waals surface area (Å²) < 4.78 is 0. The van der Waals surface area contributed by atoms with Crippen molar-refractivity contribution in [2.75, 3.05) is 36.4 Å². The molecule has 0 spiro atoms. The number of aromatic nitrogens is 1. The molecule has 5 heteroatoms. The van der Waals surface area contributed by atoms with Crippen LogP contribution in [0.1, 0.15) is 49.9 Å². The number of rotatable bonds is 4. The van der Waals surface area contributed by atoms with E-state index in [2.05, 4.69) is 53.3 Å². The molecule has 4 rings (SSSR count). The van der Waals surface area contributed by atoms with Crippen molar-refractivity contribution in [3.8, 4) is 0 Å². The van der Waals surface area contributed by atoms with E-state index < -0.39 is 0 Å². The standard InChI is InChI=1S/C24H32N4O/c1-18-8-13-27(14-9-18)22-5-3-21(4-6-22)26-23-17-20(7-12-25-23)24(29)28-15-10-19(2)11-16-28/h3-7,12,17-19H,8-11,13-16H2,1-2H3,(H,25,26). The summed E-state index contributed by atoms with van der Waals surface area (Å²) >= 11 is 0. The lowest BCUT2D eigenvalue weighted by Crippen LogP contribution is -2.37. The number of pyridine rings is 1. The average molecular weight is 393 g/mol. The largest absolute Gasteiger partial charge is 0.372 e. The number of nitrogens with zero attached hydrogens (tertiary/aromatic N) is 3. The van der Waals surface area contributed by atoms with E-state index in [1.54, 1.807) is 6.20 Å². The van der Waals surface area contributed by atoms with E-state index in [4.69, 9.17) is 0 Å². The summed E-state index contributed by atoms with van der Waals surface area (Å²) in [6.45, 7) is 8.56. The SMILES string of the molecule is CC1CCN(C(=O)c2ccnc(Nc3ccc(N4CCC(C)CC4)cc3)c2)CC1. The van der Waals surface area contributed by atoms with Crippen molar-refractivity contribution in [1.82, 2.24) is 9.88 Å². The second kappa shape index (κ2) is 8.85. The van der Waals surface area contributed by atoms with Crippen LogP contribution in [-0.4, -0.2) is 42.0 Å². The molecule has 5 nitrogen and oxygen atoms in total.